The summed E-state index contributed by atoms with van der Waals surface area (Å²) in [4.78, 5) is 15.0. The molecule has 0 radical (unpaired) electrons. The van der Waals surface area contributed by atoms with Gasteiger partial charge in [-0.05, 0) is 175 Å². The van der Waals surface area contributed by atoms with Crippen molar-refractivity contribution in [2.45, 2.75) is 0 Å². The first-order chi connectivity index (χ1) is 53.6. The predicted molar refractivity (Wildman–Crippen MR) is 452 cm³/mol. The van der Waals surface area contributed by atoms with Crippen LogP contribution in [0.2, 0.25) is 0 Å². The van der Waals surface area contributed by atoms with E-state index < -0.39 is 0 Å². The van der Waals surface area contributed by atoms with Crippen molar-refractivity contribution in [3.8, 4) is 56.4 Å². The maximum Gasteiger partial charge on any atom is 0.0730 e. The van der Waals surface area contributed by atoms with Gasteiger partial charge >= 0.3 is 0 Å². The van der Waals surface area contributed by atoms with E-state index in [4.69, 9.17) is 9.97 Å². The zero-order valence-electron chi connectivity index (χ0n) is 58.8. The Balaban J connectivity index is 0.000000143. The monoisotopic (exact) mass is 1380 g/mol. The summed E-state index contributed by atoms with van der Waals surface area (Å²) in [6.45, 7) is 0. The second-order valence-electron chi connectivity index (χ2n) is 27.3. The van der Waals surface area contributed by atoms with Crippen molar-refractivity contribution in [1.82, 2.24) is 28.2 Å². The van der Waals surface area contributed by atoms with Crippen LogP contribution in [-0.2, 0) is 0 Å². The molecule has 108 heavy (non-hydrogen) atoms. The van der Waals surface area contributed by atoms with Crippen molar-refractivity contribution in [2.75, 3.05) is 9.80 Å². The Morgan fingerprint density at radius 2 is 0.519 bits per heavy atom. The molecule has 0 aliphatic carbocycles. The Bertz CT molecular complexity index is 6850. The molecule has 0 saturated carbocycles. The molecule has 21 rings (SSSR count). The molecule has 15 aromatic carbocycles. The summed E-state index contributed by atoms with van der Waals surface area (Å²) in [5, 5.41) is 9.53. The number of para-hydroxylation sites is 9. The number of aromatic nitrogens is 6. The van der Waals surface area contributed by atoms with Crippen LogP contribution in [0.5, 0.6) is 0 Å². The van der Waals surface area contributed by atoms with Crippen molar-refractivity contribution in [3.63, 3.8) is 0 Å². The lowest BCUT2D eigenvalue weighted by atomic mass is 10.0. The first-order valence-corrected chi connectivity index (χ1v) is 36.7. The summed E-state index contributed by atoms with van der Waals surface area (Å²) in [5.74, 6) is 0. The molecule has 0 spiro atoms. The molecular weight excluding hydrogens is 1310 g/mol. The molecule has 0 N–H and O–H groups in total. The summed E-state index contributed by atoms with van der Waals surface area (Å²) in [7, 11) is 0. The van der Waals surface area contributed by atoms with Gasteiger partial charge in [0.25, 0.3) is 0 Å². The lowest BCUT2D eigenvalue weighted by molar-refractivity contribution is 1.17. The third kappa shape index (κ3) is 10.9. The fourth-order valence-electron chi connectivity index (χ4n) is 16.3. The van der Waals surface area contributed by atoms with E-state index in [1.165, 1.54) is 59.9 Å². The zero-order chi connectivity index (χ0) is 71.4. The number of benzene rings is 15. The molecule has 8 heteroatoms. The summed E-state index contributed by atoms with van der Waals surface area (Å²) in [5.41, 5.74) is 26.8. The molecule has 0 amide bonds. The molecule has 6 aromatic heterocycles. The molecule has 0 saturated heterocycles. The van der Waals surface area contributed by atoms with E-state index in [2.05, 4.69) is 435 Å². The van der Waals surface area contributed by atoms with Gasteiger partial charge in [-0.25, -0.2) is 0 Å². The minimum atomic E-state index is 0.947. The van der Waals surface area contributed by atoms with Gasteiger partial charge < -0.3 is 28.1 Å². The van der Waals surface area contributed by atoms with Gasteiger partial charge in [-0.15, -0.1) is 0 Å². The van der Waals surface area contributed by atoms with Crippen LogP contribution in [-0.4, -0.2) is 28.2 Å². The van der Waals surface area contributed by atoms with Crippen LogP contribution in [0.1, 0.15) is 0 Å². The molecule has 0 unspecified atom stereocenters. The largest absolute Gasteiger partial charge is 0.311 e. The molecule has 0 aliphatic rings. The van der Waals surface area contributed by atoms with E-state index in [-0.39, 0.29) is 0 Å². The topological polar surface area (TPSA) is 52.0 Å². The summed E-state index contributed by atoms with van der Waals surface area (Å²) in [6, 6.07) is 143. The van der Waals surface area contributed by atoms with Crippen LogP contribution in [0.15, 0.2) is 413 Å². The second kappa shape index (κ2) is 26.9. The fourth-order valence-corrected chi connectivity index (χ4v) is 16.3. The molecule has 21 aromatic rings. The van der Waals surface area contributed by atoms with Gasteiger partial charge in [0, 0.05) is 117 Å². The highest BCUT2D eigenvalue weighted by Crippen LogP contribution is 2.45. The van der Waals surface area contributed by atoms with Crippen LogP contribution >= 0.6 is 0 Å². The highest BCUT2D eigenvalue weighted by Gasteiger charge is 2.24. The quantitative estimate of drug-likeness (QED) is 0.115. The predicted octanol–water partition coefficient (Wildman–Crippen LogP) is 26.5. The standard InChI is InChI=1S/C53H36N4.C47H32N4/c1-4-15-37(16-5-1)38-27-29-41(30-28-38)55(39-17-6-2-7-18-39)42-31-33-43(34-32-42)56-50-25-13-11-22-46(50)53-45(23-14-26-51(53)56)48-35-52-47(36-54-48)44-21-10-12-24-49(44)57(52)40-19-8-3-9-20-40;1-4-16-33(17-5-1)49(34-18-6-2-7-19-34)36-22-14-23-37(30-36)51-44-28-13-11-25-40(44)47-39(26-15-29-45(47)51)42-31-41-38-24-10-12-27-43(38)50(46(41)32-48-42)35-20-8-3-9-21-35/h1-36H;1-32H. The van der Waals surface area contributed by atoms with Crippen LogP contribution in [0, 0.1) is 0 Å². The number of rotatable bonds is 13. The van der Waals surface area contributed by atoms with E-state index in [1.54, 1.807) is 0 Å². The number of fused-ring (bicyclic) bond motifs is 12. The molecule has 0 atom stereocenters. The first kappa shape index (κ1) is 63.1. The Morgan fingerprint density at radius 1 is 0.185 bits per heavy atom. The normalized spacial score (nSPS) is 11.5. The van der Waals surface area contributed by atoms with Gasteiger partial charge in [-0.1, -0.05) is 237 Å². The van der Waals surface area contributed by atoms with Gasteiger partial charge in [0.2, 0.25) is 0 Å². The van der Waals surface area contributed by atoms with Crippen molar-refractivity contribution in [1.29, 1.82) is 0 Å². The van der Waals surface area contributed by atoms with E-state index >= 15 is 0 Å². The average Bonchev–Trinajstić information content (AvgIpc) is 1.58. The molecule has 8 nitrogen and oxygen atoms in total. The molecular formula is C100H68N8. The molecule has 0 aliphatic heterocycles. The van der Waals surface area contributed by atoms with Crippen molar-refractivity contribution < 1.29 is 0 Å². The van der Waals surface area contributed by atoms with E-state index in [0.29, 0.717) is 0 Å². The SMILES string of the molecule is c1ccc(-c2ccc(N(c3ccccc3)c3ccc(-n4c5ccccc5c5c(-c6cc7c(cn6)c6ccccc6n7-c6ccccc6)cccc54)cc3)cc2)cc1.c1ccc(N(c2ccccc2)c2cccc(-n3c4ccccc4c4c(-c5cc6c7ccccc7n(-c7ccccc7)c6cn5)cccc43)c2)cc1. The highest BCUT2D eigenvalue weighted by molar-refractivity contribution is 6.19. The van der Waals surface area contributed by atoms with Crippen molar-refractivity contribution in [2.24, 2.45) is 0 Å². The lowest BCUT2D eigenvalue weighted by Gasteiger charge is -2.26. The minimum Gasteiger partial charge on any atom is -0.311 e. The molecule has 0 bridgehead atoms. The van der Waals surface area contributed by atoms with E-state index in [9.17, 15) is 0 Å². The lowest BCUT2D eigenvalue weighted by Crippen LogP contribution is -2.10. The van der Waals surface area contributed by atoms with Crippen LogP contribution in [0.4, 0.5) is 34.1 Å². The zero-order valence-corrected chi connectivity index (χ0v) is 58.8. The minimum absolute atomic E-state index is 0.947. The van der Waals surface area contributed by atoms with Gasteiger partial charge in [0.15, 0.2) is 0 Å². The Hall–Kier alpha value is -14.6. The van der Waals surface area contributed by atoms with Crippen molar-refractivity contribution in [3.05, 3.63) is 413 Å². The summed E-state index contributed by atoms with van der Waals surface area (Å²) in [6.07, 6.45) is 4.10. The number of hydrogen-bond donors (Lipinski definition) is 0. The van der Waals surface area contributed by atoms with Crippen molar-refractivity contribution >= 4 is 121 Å². The third-order valence-corrected chi connectivity index (χ3v) is 21.1. The molecule has 508 valence electrons. The van der Waals surface area contributed by atoms with Crippen LogP contribution in [0.3, 0.4) is 0 Å². The van der Waals surface area contributed by atoms with Gasteiger partial charge in [-0.2, -0.15) is 0 Å². The number of hydrogen-bond acceptors (Lipinski definition) is 4. The Morgan fingerprint density at radius 3 is 1.05 bits per heavy atom. The number of nitrogens with zero attached hydrogens (tertiary/aromatic N) is 8. The average molecular weight is 1380 g/mol. The van der Waals surface area contributed by atoms with Gasteiger partial charge in [0.05, 0.1) is 61.7 Å². The maximum absolute atomic E-state index is 5.17. The Labute approximate surface area is 624 Å². The van der Waals surface area contributed by atoms with Crippen LogP contribution < -0.4 is 9.80 Å². The smallest absolute Gasteiger partial charge is 0.0730 e. The van der Waals surface area contributed by atoms with E-state index in [0.717, 1.165) is 118 Å². The Kier molecular flexibility index (Phi) is 15.7. The molecule has 6 heterocycles. The molecule has 0 fully saturated rings. The third-order valence-electron chi connectivity index (χ3n) is 21.1. The van der Waals surface area contributed by atoms with E-state index in [1.807, 2.05) is 6.20 Å². The maximum atomic E-state index is 5.17. The van der Waals surface area contributed by atoms with Crippen LogP contribution in [0.25, 0.3) is 144 Å². The number of pyridine rings is 2. The second-order valence-corrected chi connectivity index (χ2v) is 27.3. The first-order valence-electron chi connectivity index (χ1n) is 36.7. The highest BCUT2D eigenvalue weighted by atomic mass is 15.2. The summed E-state index contributed by atoms with van der Waals surface area (Å²) < 4.78 is 9.46. The fraction of sp³-hybridized carbons (Fsp3) is 0. The summed E-state index contributed by atoms with van der Waals surface area (Å²) >= 11 is 0. The van der Waals surface area contributed by atoms with Gasteiger partial charge in [0.1, 0.15) is 0 Å². The number of anilines is 6. The van der Waals surface area contributed by atoms with Gasteiger partial charge in [-0.3, -0.25) is 9.97 Å².